The van der Waals surface area contributed by atoms with Crippen molar-refractivity contribution >= 4 is 29.1 Å². The van der Waals surface area contributed by atoms with Gasteiger partial charge in [0.25, 0.3) is 5.91 Å². The van der Waals surface area contributed by atoms with Gasteiger partial charge in [-0.3, -0.25) is 4.79 Å². The lowest BCUT2D eigenvalue weighted by molar-refractivity contribution is 0.0600. The van der Waals surface area contributed by atoms with Crippen molar-refractivity contribution in [2.75, 3.05) is 23.9 Å². The zero-order valence-electron chi connectivity index (χ0n) is 15.6. The summed E-state index contributed by atoms with van der Waals surface area (Å²) in [6, 6.07) is 19.5. The van der Waals surface area contributed by atoms with Crippen molar-refractivity contribution in [2.24, 2.45) is 0 Å². The summed E-state index contributed by atoms with van der Waals surface area (Å²) in [5.41, 5.74) is 2.14. The topological polar surface area (TPSA) is 84.4 Å². The van der Waals surface area contributed by atoms with E-state index in [-0.39, 0.29) is 11.6 Å². The smallest absolute Gasteiger partial charge is 0.337 e. The van der Waals surface area contributed by atoms with Crippen LogP contribution < -0.4 is 10.2 Å². The van der Waals surface area contributed by atoms with Crippen LogP contribution in [0.15, 0.2) is 66.7 Å². The van der Waals surface area contributed by atoms with Crippen molar-refractivity contribution in [2.45, 2.75) is 6.92 Å². The van der Waals surface area contributed by atoms with Gasteiger partial charge < -0.3 is 15.0 Å². The van der Waals surface area contributed by atoms with Crippen LogP contribution in [-0.4, -0.2) is 35.7 Å². The van der Waals surface area contributed by atoms with Crippen molar-refractivity contribution in [3.05, 3.63) is 78.0 Å². The van der Waals surface area contributed by atoms with E-state index in [0.717, 1.165) is 5.69 Å². The number of aromatic nitrogens is 2. The van der Waals surface area contributed by atoms with Gasteiger partial charge in [-0.05, 0) is 49.4 Å². The average molecular weight is 376 g/mol. The number of ether oxygens (including phenoxy) is 1. The lowest BCUT2D eigenvalue weighted by atomic mass is 10.2. The molecule has 3 aromatic rings. The standard InChI is InChI=1S/C21H20N4O3/c1-3-25(17-10-5-4-6-11-17)20(26)18-12-13-19(24-23-18)22-16-9-7-8-15(14-16)21(27)28-2/h4-14H,3H2,1-2H3,(H,22,24). The third-order valence-corrected chi connectivity index (χ3v) is 4.07. The molecule has 0 fully saturated rings. The van der Waals surface area contributed by atoms with Gasteiger partial charge in [0.15, 0.2) is 11.5 Å². The second kappa shape index (κ2) is 8.77. The number of benzene rings is 2. The molecular weight excluding hydrogens is 356 g/mol. The van der Waals surface area contributed by atoms with Gasteiger partial charge >= 0.3 is 5.97 Å². The van der Waals surface area contributed by atoms with E-state index in [1.54, 1.807) is 41.3 Å². The summed E-state index contributed by atoms with van der Waals surface area (Å²) in [5, 5.41) is 11.2. The van der Waals surface area contributed by atoms with Gasteiger partial charge in [-0.15, -0.1) is 10.2 Å². The molecule has 1 N–H and O–H groups in total. The number of hydrogen-bond donors (Lipinski definition) is 1. The summed E-state index contributed by atoms with van der Waals surface area (Å²) in [6.45, 7) is 2.42. The summed E-state index contributed by atoms with van der Waals surface area (Å²) >= 11 is 0. The quantitative estimate of drug-likeness (QED) is 0.661. The van der Waals surface area contributed by atoms with Crippen LogP contribution in [0, 0.1) is 0 Å². The Morgan fingerprint density at radius 3 is 2.43 bits per heavy atom. The van der Waals surface area contributed by atoms with Gasteiger partial charge in [0.2, 0.25) is 0 Å². The minimum atomic E-state index is -0.420. The van der Waals surface area contributed by atoms with E-state index >= 15 is 0 Å². The van der Waals surface area contributed by atoms with Gasteiger partial charge in [-0.2, -0.15) is 0 Å². The maximum absolute atomic E-state index is 12.8. The van der Waals surface area contributed by atoms with E-state index in [0.29, 0.717) is 23.6 Å². The van der Waals surface area contributed by atoms with Crippen molar-refractivity contribution in [1.29, 1.82) is 0 Å². The molecule has 0 unspecified atom stereocenters. The number of amides is 1. The van der Waals surface area contributed by atoms with Crippen LogP contribution in [0.4, 0.5) is 17.2 Å². The highest BCUT2D eigenvalue weighted by atomic mass is 16.5. The number of esters is 1. The van der Waals surface area contributed by atoms with Crippen molar-refractivity contribution in [1.82, 2.24) is 10.2 Å². The lowest BCUT2D eigenvalue weighted by Crippen LogP contribution is -2.31. The van der Waals surface area contributed by atoms with Gasteiger partial charge in [0.1, 0.15) is 0 Å². The minimum absolute atomic E-state index is 0.222. The zero-order chi connectivity index (χ0) is 19.9. The number of para-hydroxylation sites is 1. The van der Waals surface area contributed by atoms with Crippen molar-refractivity contribution in [3.8, 4) is 0 Å². The molecule has 7 nitrogen and oxygen atoms in total. The molecule has 142 valence electrons. The Hall–Kier alpha value is -3.74. The molecule has 3 rings (SSSR count). The first-order valence-electron chi connectivity index (χ1n) is 8.78. The van der Waals surface area contributed by atoms with Crippen LogP contribution in [-0.2, 0) is 4.74 Å². The van der Waals surface area contributed by atoms with Gasteiger partial charge in [-0.25, -0.2) is 4.79 Å². The molecule has 0 spiro atoms. The third-order valence-electron chi connectivity index (χ3n) is 4.07. The van der Waals surface area contributed by atoms with E-state index in [9.17, 15) is 9.59 Å². The summed E-state index contributed by atoms with van der Waals surface area (Å²) in [7, 11) is 1.33. The summed E-state index contributed by atoms with van der Waals surface area (Å²) < 4.78 is 4.72. The number of carbonyl (C=O) groups is 2. The molecule has 1 heterocycles. The third kappa shape index (κ3) is 4.32. The van der Waals surface area contributed by atoms with E-state index in [1.165, 1.54) is 7.11 Å². The average Bonchev–Trinajstić information content (AvgIpc) is 2.75. The first kappa shape index (κ1) is 19.0. The number of hydrogen-bond acceptors (Lipinski definition) is 6. The Labute approximate surface area is 163 Å². The normalized spacial score (nSPS) is 10.2. The fraction of sp³-hybridized carbons (Fsp3) is 0.143. The molecule has 7 heteroatoms. The predicted octanol–water partition coefficient (Wildman–Crippen LogP) is 3.67. The first-order chi connectivity index (χ1) is 13.6. The molecule has 1 amide bonds. The number of carbonyl (C=O) groups excluding carboxylic acids is 2. The Bertz CT molecular complexity index is 959. The van der Waals surface area contributed by atoms with E-state index in [1.807, 2.05) is 37.3 Å². The molecule has 0 saturated carbocycles. The van der Waals surface area contributed by atoms with E-state index in [4.69, 9.17) is 4.74 Å². The Balaban J connectivity index is 1.74. The summed E-state index contributed by atoms with van der Waals surface area (Å²) in [5.74, 6) is -0.182. The highest BCUT2D eigenvalue weighted by Gasteiger charge is 2.17. The second-order valence-corrected chi connectivity index (χ2v) is 5.89. The van der Waals surface area contributed by atoms with Crippen LogP contribution in [0.3, 0.4) is 0 Å². The largest absolute Gasteiger partial charge is 0.465 e. The SMILES string of the molecule is CCN(C(=O)c1ccc(Nc2cccc(C(=O)OC)c2)nn1)c1ccccc1. The van der Waals surface area contributed by atoms with Gasteiger partial charge in [-0.1, -0.05) is 24.3 Å². The van der Waals surface area contributed by atoms with Gasteiger partial charge in [0.05, 0.1) is 12.7 Å². The number of anilines is 3. The highest BCUT2D eigenvalue weighted by Crippen LogP contribution is 2.18. The van der Waals surface area contributed by atoms with Crippen LogP contribution >= 0.6 is 0 Å². The molecule has 2 aromatic carbocycles. The lowest BCUT2D eigenvalue weighted by Gasteiger charge is -2.20. The van der Waals surface area contributed by atoms with Gasteiger partial charge in [0, 0.05) is 17.9 Å². The maximum Gasteiger partial charge on any atom is 0.337 e. The predicted molar refractivity (Wildman–Crippen MR) is 107 cm³/mol. The summed E-state index contributed by atoms with van der Waals surface area (Å²) in [6.07, 6.45) is 0. The molecular formula is C21H20N4O3. The van der Waals surface area contributed by atoms with Crippen LogP contribution in [0.25, 0.3) is 0 Å². The highest BCUT2D eigenvalue weighted by molar-refractivity contribution is 6.04. The van der Waals surface area contributed by atoms with Crippen molar-refractivity contribution < 1.29 is 14.3 Å². The molecule has 0 radical (unpaired) electrons. The first-order valence-corrected chi connectivity index (χ1v) is 8.78. The van der Waals surface area contributed by atoms with E-state index < -0.39 is 5.97 Å². The van der Waals surface area contributed by atoms with Crippen molar-refractivity contribution in [3.63, 3.8) is 0 Å². The fourth-order valence-electron chi connectivity index (χ4n) is 2.69. The number of nitrogens with one attached hydrogen (secondary N) is 1. The summed E-state index contributed by atoms with van der Waals surface area (Å²) in [4.78, 5) is 26.0. The number of methoxy groups -OCH3 is 1. The molecule has 0 aliphatic rings. The van der Waals surface area contributed by atoms with Crippen LogP contribution in [0.2, 0.25) is 0 Å². The zero-order valence-corrected chi connectivity index (χ0v) is 15.6. The van der Waals surface area contributed by atoms with Crippen LogP contribution in [0.1, 0.15) is 27.8 Å². The molecule has 0 atom stereocenters. The Morgan fingerprint density at radius 2 is 1.79 bits per heavy atom. The number of nitrogens with zero attached hydrogens (tertiary/aromatic N) is 3. The molecule has 0 saturated heterocycles. The second-order valence-electron chi connectivity index (χ2n) is 5.89. The monoisotopic (exact) mass is 376 g/mol. The molecule has 1 aromatic heterocycles. The molecule has 28 heavy (non-hydrogen) atoms. The molecule has 0 bridgehead atoms. The maximum atomic E-state index is 12.8. The number of rotatable bonds is 6. The Morgan fingerprint density at radius 1 is 1.00 bits per heavy atom. The minimum Gasteiger partial charge on any atom is -0.465 e. The van der Waals surface area contributed by atoms with Crippen LogP contribution in [0.5, 0.6) is 0 Å². The molecule has 0 aliphatic carbocycles. The molecule has 0 aliphatic heterocycles. The van der Waals surface area contributed by atoms with E-state index in [2.05, 4.69) is 15.5 Å². The Kier molecular flexibility index (Phi) is 5.96. The fourth-order valence-corrected chi connectivity index (χ4v) is 2.69.